The predicted octanol–water partition coefficient (Wildman–Crippen LogP) is 0.332. The van der Waals surface area contributed by atoms with Crippen LogP contribution in [0.5, 0.6) is 0 Å². The van der Waals surface area contributed by atoms with Gasteiger partial charge in [0.25, 0.3) is 0 Å². The SMILES string of the molecule is COC(=O)c1ccc(NCC(C)(O)CO)nc1C. The Balaban J connectivity index is 2.76. The van der Waals surface area contributed by atoms with E-state index in [-0.39, 0.29) is 13.2 Å². The Labute approximate surface area is 106 Å². The Morgan fingerprint density at radius 3 is 2.72 bits per heavy atom. The maximum atomic E-state index is 11.4. The molecule has 0 aliphatic heterocycles. The van der Waals surface area contributed by atoms with Gasteiger partial charge in [-0.25, -0.2) is 9.78 Å². The second-order valence-electron chi connectivity index (χ2n) is 4.33. The van der Waals surface area contributed by atoms with Crippen LogP contribution in [-0.4, -0.2) is 47.0 Å². The molecule has 1 aromatic rings. The number of hydrogen-bond acceptors (Lipinski definition) is 6. The van der Waals surface area contributed by atoms with E-state index in [2.05, 4.69) is 15.0 Å². The molecule has 3 N–H and O–H groups in total. The molecule has 0 amide bonds. The fraction of sp³-hybridized carbons (Fsp3) is 0.500. The van der Waals surface area contributed by atoms with Gasteiger partial charge in [0.05, 0.1) is 25.0 Å². The number of aromatic nitrogens is 1. The van der Waals surface area contributed by atoms with Gasteiger partial charge in [0, 0.05) is 6.54 Å². The Bertz CT molecular complexity index is 432. The molecule has 0 bridgehead atoms. The van der Waals surface area contributed by atoms with Gasteiger partial charge in [-0.3, -0.25) is 0 Å². The molecule has 0 aliphatic carbocycles. The Morgan fingerprint density at radius 2 is 2.22 bits per heavy atom. The number of carbonyl (C=O) groups is 1. The van der Waals surface area contributed by atoms with E-state index in [1.54, 1.807) is 19.1 Å². The third kappa shape index (κ3) is 3.68. The van der Waals surface area contributed by atoms with Gasteiger partial charge in [-0.2, -0.15) is 0 Å². The second kappa shape index (κ2) is 5.79. The number of pyridine rings is 1. The lowest BCUT2D eigenvalue weighted by Crippen LogP contribution is -2.37. The number of esters is 1. The molecule has 100 valence electrons. The van der Waals surface area contributed by atoms with E-state index in [0.717, 1.165) is 0 Å². The van der Waals surface area contributed by atoms with Crippen LogP contribution in [0, 0.1) is 6.92 Å². The molecule has 1 rings (SSSR count). The van der Waals surface area contributed by atoms with E-state index in [4.69, 9.17) is 5.11 Å². The van der Waals surface area contributed by atoms with Crippen LogP contribution in [0.25, 0.3) is 0 Å². The van der Waals surface area contributed by atoms with E-state index in [0.29, 0.717) is 17.1 Å². The van der Waals surface area contributed by atoms with E-state index < -0.39 is 11.6 Å². The van der Waals surface area contributed by atoms with E-state index in [9.17, 15) is 9.90 Å². The van der Waals surface area contributed by atoms with Crippen molar-refractivity contribution in [1.29, 1.82) is 0 Å². The van der Waals surface area contributed by atoms with E-state index in [1.165, 1.54) is 14.0 Å². The average molecular weight is 254 g/mol. The summed E-state index contributed by atoms with van der Waals surface area (Å²) in [6.07, 6.45) is 0. The molecule has 0 saturated heterocycles. The van der Waals surface area contributed by atoms with Gasteiger partial charge in [-0.05, 0) is 26.0 Å². The molecule has 0 fully saturated rings. The molecule has 6 heteroatoms. The monoisotopic (exact) mass is 254 g/mol. The molecule has 0 aromatic carbocycles. The van der Waals surface area contributed by atoms with Gasteiger partial charge in [0.2, 0.25) is 0 Å². The summed E-state index contributed by atoms with van der Waals surface area (Å²) in [5, 5.41) is 21.4. The van der Waals surface area contributed by atoms with Gasteiger partial charge < -0.3 is 20.3 Å². The summed E-state index contributed by atoms with van der Waals surface area (Å²) in [5.41, 5.74) is -0.274. The van der Waals surface area contributed by atoms with Crippen molar-refractivity contribution in [2.75, 3.05) is 25.6 Å². The number of ether oxygens (including phenoxy) is 1. The van der Waals surface area contributed by atoms with Gasteiger partial charge >= 0.3 is 5.97 Å². The minimum atomic E-state index is -1.21. The molecule has 1 unspecified atom stereocenters. The number of methoxy groups -OCH3 is 1. The van der Waals surface area contributed by atoms with Gasteiger partial charge in [0.1, 0.15) is 11.4 Å². The highest BCUT2D eigenvalue weighted by Gasteiger charge is 2.19. The number of aryl methyl sites for hydroxylation is 1. The van der Waals surface area contributed by atoms with E-state index in [1.807, 2.05) is 0 Å². The lowest BCUT2D eigenvalue weighted by molar-refractivity contribution is 0.0131. The van der Waals surface area contributed by atoms with Crippen LogP contribution in [0.15, 0.2) is 12.1 Å². The molecule has 1 atom stereocenters. The summed E-state index contributed by atoms with van der Waals surface area (Å²) in [7, 11) is 1.31. The van der Waals surface area contributed by atoms with Crippen molar-refractivity contribution in [3.8, 4) is 0 Å². The molecule has 0 radical (unpaired) electrons. The van der Waals surface area contributed by atoms with Crippen molar-refractivity contribution in [3.63, 3.8) is 0 Å². The number of anilines is 1. The summed E-state index contributed by atoms with van der Waals surface area (Å²) in [6, 6.07) is 3.22. The lowest BCUT2D eigenvalue weighted by atomic mass is 10.1. The summed E-state index contributed by atoms with van der Waals surface area (Å²) < 4.78 is 4.62. The van der Waals surface area contributed by atoms with Crippen LogP contribution >= 0.6 is 0 Å². The van der Waals surface area contributed by atoms with Crippen LogP contribution < -0.4 is 5.32 Å². The van der Waals surface area contributed by atoms with Crippen molar-refractivity contribution >= 4 is 11.8 Å². The first-order chi connectivity index (χ1) is 8.39. The van der Waals surface area contributed by atoms with Crippen molar-refractivity contribution in [1.82, 2.24) is 4.98 Å². The summed E-state index contributed by atoms with van der Waals surface area (Å²) in [4.78, 5) is 15.5. The lowest BCUT2D eigenvalue weighted by Gasteiger charge is -2.21. The standard InChI is InChI=1S/C12H18N2O4/c1-8-9(11(16)18-3)4-5-10(14-8)13-6-12(2,17)7-15/h4-5,15,17H,6-7H2,1-3H3,(H,13,14). The highest BCUT2D eigenvalue weighted by Crippen LogP contribution is 2.12. The molecular weight excluding hydrogens is 236 g/mol. The molecule has 1 aromatic heterocycles. The first-order valence-corrected chi connectivity index (χ1v) is 5.52. The zero-order valence-corrected chi connectivity index (χ0v) is 10.7. The van der Waals surface area contributed by atoms with Crippen molar-refractivity contribution in [3.05, 3.63) is 23.4 Å². The second-order valence-corrected chi connectivity index (χ2v) is 4.33. The molecule has 0 spiro atoms. The predicted molar refractivity (Wildman–Crippen MR) is 66.5 cm³/mol. The smallest absolute Gasteiger partial charge is 0.339 e. The molecule has 0 aliphatic rings. The largest absolute Gasteiger partial charge is 0.465 e. The fourth-order valence-electron chi connectivity index (χ4n) is 1.32. The van der Waals surface area contributed by atoms with E-state index >= 15 is 0 Å². The Hall–Kier alpha value is -1.66. The molecular formula is C12H18N2O4. The maximum Gasteiger partial charge on any atom is 0.339 e. The first kappa shape index (κ1) is 14.4. The van der Waals surface area contributed by atoms with Gasteiger partial charge in [0.15, 0.2) is 0 Å². The van der Waals surface area contributed by atoms with Crippen LogP contribution in [0.2, 0.25) is 0 Å². The van der Waals surface area contributed by atoms with Crippen molar-refractivity contribution in [2.45, 2.75) is 19.4 Å². The minimum Gasteiger partial charge on any atom is -0.465 e. The number of carbonyl (C=O) groups excluding carboxylic acids is 1. The molecule has 18 heavy (non-hydrogen) atoms. The topological polar surface area (TPSA) is 91.7 Å². The normalized spacial score (nSPS) is 13.8. The summed E-state index contributed by atoms with van der Waals surface area (Å²) >= 11 is 0. The highest BCUT2D eigenvalue weighted by atomic mass is 16.5. The third-order valence-electron chi connectivity index (χ3n) is 2.48. The molecule has 6 nitrogen and oxygen atoms in total. The maximum absolute atomic E-state index is 11.4. The number of hydrogen-bond donors (Lipinski definition) is 3. The highest BCUT2D eigenvalue weighted by molar-refractivity contribution is 5.90. The Morgan fingerprint density at radius 1 is 1.56 bits per heavy atom. The van der Waals surface area contributed by atoms with Crippen LogP contribution in [-0.2, 0) is 4.74 Å². The number of aliphatic hydroxyl groups excluding tert-OH is 1. The number of aliphatic hydroxyl groups is 2. The Kier molecular flexibility index (Phi) is 4.63. The van der Waals surface area contributed by atoms with Crippen LogP contribution in [0.4, 0.5) is 5.82 Å². The number of rotatable bonds is 5. The number of nitrogens with one attached hydrogen (secondary N) is 1. The zero-order valence-electron chi connectivity index (χ0n) is 10.7. The van der Waals surface area contributed by atoms with Crippen molar-refractivity contribution < 1.29 is 19.7 Å². The molecule has 0 saturated carbocycles. The first-order valence-electron chi connectivity index (χ1n) is 5.52. The van der Waals surface area contributed by atoms with Gasteiger partial charge in [-0.1, -0.05) is 0 Å². The summed E-state index contributed by atoms with van der Waals surface area (Å²) in [6.45, 7) is 3.02. The van der Waals surface area contributed by atoms with Gasteiger partial charge in [-0.15, -0.1) is 0 Å². The average Bonchev–Trinajstić information content (AvgIpc) is 2.36. The molecule has 1 heterocycles. The summed E-state index contributed by atoms with van der Waals surface area (Å²) in [5.74, 6) is 0.0859. The third-order valence-corrected chi connectivity index (χ3v) is 2.48. The fourth-order valence-corrected chi connectivity index (χ4v) is 1.32. The van der Waals surface area contributed by atoms with Crippen molar-refractivity contribution in [2.24, 2.45) is 0 Å². The minimum absolute atomic E-state index is 0.160. The number of nitrogens with zero attached hydrogens (tertiary/aromatic N) is 1. The quantitative estimate of drug-likeness (QED) is 0.656. The van der Waals surface area contributed by atoms with Crippen LogP contribution in [0.3, 0.4) is 0 Å². The zero-order chi connectivity index (χ0) is 13.8. The van der Waals surface area contributed by atoms with Crippen LogP contribution in [0.1, 0.15) is 23.0 Å².